The van der Waals surface area contributed by atoms with Crippen molar-refractivity contribution in [3.63, 3.8) is 0 Å². The molecule has 0 aromatic rings. The zero-order chi connectivity index (χ0) is 10.6. The van der Waals surface area contributed by atoms with Crippen LogP contribution in [0.1, 0.15) is 19.8 Å². The Morgan fingerprint density at radius 1 is 1.64 bits per heavy atom. The minimum atomic E-state index is 0.0532. The van der Waals surface area contributed by atoms with Gasteiger partial charge in [-0.05, 0) is 12.3 Å². The Balaban J connectivity index is 2.41. The number of piperidine rings is 1. The van der Waals surface area contributed by atoms with E-state index in [1.807, 2.05) is 0 Å². The highest BCUT2D eigenvalue weighted by Gasteiger charge is 2.27. The second-order valence-corrected chi connectivity index (χ2v) is 3.89. The van der Waals surface area contributed by atoms with Gasteiger partial charge in [0, 0.05) is 26.2 Å². The molecule has 1 amide bonds. The zero-order valence-electron chi connectivity index (χ0n) is 9.03. The van der Waals surface area contributed by atoms with Crippen molar-refractivity contribution in [3.8, 4) is 0 Å². The molecule has 1 fully saturated rings. The first kappa shape index (κ1) is 11.5. The van der Waals surface area contributed by atoms with E-state index in [2.05, 4.69) is 6.92 Å². The normalized spacial score (nSPS) is 27.8. The number of hydrogen-bond acceptors (Lipinski definition) is 3. The fourth-order valence-corrected chi connectivity index (χ4v) is 1.98. The Kier molecular flexibility index (Phi) is 4.35. The van der Waals surface area contributed by atoms with E-state index < -0.39 is 0 Å². The monoisotopic (exact) mass is 200 g/mol. The van der Waals surface area contributed by atoms with Crippen LogP contribution in [0.4, 0.5) is 0 Å². The molecule has 0 bridgehead atoms. The molecule has 1 rings (SSSR count). The number of amides is 1. The van der Waals surface area contributed by atoms with E-state index in [0.29, 0.717) is 12.5 Å². The molecular formula is C10H20N2O2. The Bertz CT molecular complexity index is 197. The van der Waals surface area contributed by atoms with Crippen LogP contribution in [0.5, 0.6) is 0 Å². The lowest BCUT2D eigenvalue weighted by Crippen LogP contribution is -2.51. The first-order chi connectivity index (χ1) is 6.69. The summed E-state index contributed by atoms with van der Waals surface area (Å²) < 4.78 is 4.81. The standard InChI is InChI=1S/C10H20N2O2/c1-3-8-4-5-12(6-9(8)11)10(13)7-14-2/h8-9H,3-7,11H2,1-2H3. The molecule has 1 aliphatic rings. The van der Waals surface area contributed by atoms with Gasteiger partial charge in [0.25, 0.3) is 0 Å². The van der Waals surface area contributed by atoms with Crippen LogP contribution in [-0.2, 0) is 9.53 Å². The number of methoxy groups -OCH3 is 1. The van der Waals surface area contributed by atoms with Gasteiger partial charge in [-0.25, -0.2) is 0 Å². The van der Waals surface area contributed by atoms with Crippen LogP contribution in [0.25, 0.3) is 0 Å². The van der Waals surface area contributed by atoms with E-state index in [-0.39, 0.29) is 18.6 Å². The highest BCUT2D eigenvalue weighted by atomic mass is 16.5. The maximum absolute atomic E-state index is 11.5. The number of ether oxygens (including phenoxy) is 1. The number of rotatable bonds is 3. The maximum atomic E-state index is 11.5. The number of nitrogens with zero attached hydrogens (tertiary/aromatic N) is 1. The fraction of sp³-hybridized carbons (Fsp3) is 0.900. The Hall–Kier alpha value is -0.610. The molecule has 4 nitrogen and oxygen atoms in total. The van der Waals surface area contributed by atoms with Crippen LogP contribution in [0.2, 0.25) is 0 Å². The van der Waals surface area contributed by atoms with Crippen LogP contribution in [0.3, 0.4) is 0 Å². The Labute approximate surface area is 85.4 Å². The molecule has 0 saturated carbocycles. The molecule has 14 heavy (non-hydrogen) atoms. The van der Waals surface area contributed by atoms with Crippen LogP contribution in [0.15, 0.2) is 0 Å². The van der Waals surface area contributed by atoms with Crippen molar-refractivity contribution >= 4 is 5.91 Å². The number of carbonyl (C=O) groups is 1. The second-order valence-electron chi connectivity index (χ2n) is 3.89. The minimum Gasteiger partial charge on any atom is -0.375 e. The summed E-state index contributed by atoms with van der Waals surface area (Å²) in [5, 5.41) is 0. The minimum absolute atomic E-state index is 0.0532. The molecular weight excluding hydrogens is 180 g/mol. The molecule has 1 saturated heterocycles. The topological polar surface area (TPSA) is 55.6 Å². The van der Waals surface area contributed by atoms with E-state index in [9.17, 15) is 4.79 Å². The van der Waals surface area contributed by atoms with Crippen molar-refractivity contribution < 1.29 is 9.53 Å². The molecule has 82 valence electrons. The molecule has 0 radical (unpaired) electrons. The van der Waals surface area contributed by atoms with Gasteiger partial charge in [-0.1, -0.05) is 13.3 Å². The third kappa shape index (κ3) is 2.69. The molecule has 2 N–H and O–H groups in total. The van der Waals surface area contributed by atoms with E-state index in [1.54, 1.807) is 4.90 Å². The van der Waals surface area contributed by atoms with Crippen molar-refractivity contribution in [2.45, 2.75) is 25.8 Å². The summed E-state index contributed by atoms with van der Waals surface area (Å²) in [5.41, 5.74) is 5.98. The van der Waals surface area contributed by atoms with Gasteiger partial charge < -0.3 is 15.4 Å². The van der Waals surface area contributed by atoms with E-state index in [4.69, 9.17) is 10.5 Å². The molecule has 2 atom stereocenters. The lowest BCUT2D eigenvalue weighted by Gasteiger charge is -2.36. The molecule has 4 heteroatoms. The average molecular weight is 200 g/mol. The van der Waals surface area contributed by atoms with E-state index in [0.717, 1.165) is 19.4 Å². The SMILES string of the molecule is CCC1CCN(C(=O)COC)CC1N. The fourth-order valence-electron chi connectivity index (χ4n) is 1.98. The summed E-state index contributed by atoms with van der Waals surface area (Å²) >= 11 is 0. The van der Waals surface area contributed by atoms with Gasteiger partial charge in [-0.15, -0.1) is 0 Å². The predicted octanol–water partition coefficient (Wildman–Crippen LogP) is 0.219. The third-order valence-electron chi connectivity index (χ3n) is 2.95. The average Bonchev–Trinajstić information content (AvgIpc) is 2.18. The lowest BCUT2D eigenvalue weighted by molar-refractivity contribution is -0.136. The molecule has 0 spiro atoms. The van der Waals surface area contributed by atoms with E-state index in [1.165, 1.54) is 7.11 Å². The third-order valence-corrected chi connectivity index (χ3v) is 2.95. The van der Waals surface area contributed by atoms with Gasteiger partial charge >= 0.3 is 0 Å². The highest BCUT2D eigenvalue weighted by molar-refractivity contribution is 5.77. The molecule has 2 unspecified atom stereocenters. The number of nitrogens with two attached hydrogens (primary N) is 1. The van der Waals surface area contributed by atoms with Crippen LogP contribution < -0.4 is 5.73 Å². The summed E-state index contributed by atoms with van der Waals surface area (Å²) in [6, 6.07) is 0.134. The van der Waals surface area contributed by atoms with Crippen LogP contribution in [0, 0.1) is 5.92 Å². The van der Waals surface area contributed by atoms with Gasteiger partial charge in [0.2, 0.25) is 5.91 Å². The lowest BCUT2D eigenvalue weighted by atomic mass is 9.90. The van der Waals surface area contributed by atoms with Gasteiger partial charge in [0.05, 0.1) is 0 Å². The quantitative estimate of drug-likeness (QED) is 0.709. The maximum Gasteiger partial charge on any atom is 0.248 e. The first-order valence-corrected chi connectivity index (χ1v) is 5.21. The summed E-state index contributed by atoms with van der Waals surface area (Å²) in [4.78, 5) is 13.3. The van der Waals surface area contributed by atoms with Crippen molar-refractivity contribution in [2.24, 2.45) is 11.7 Å². The van der Waals surface area contributed by atoms with Crippen LogP contribution in [-0.4, -0.2) is 43.7 Å². The molecule has 0 aromatic heterocycles. The largest absolute Gasteiger partial charge is 0.375 e. The summed E-state index contributed by atoms with van der Waals surface area (Å²) in [7, 11) is 1.54. The van der Waals surface area contributed by atoms with Crippen molar-refractivity contribution in [1.29, 1.82) is 0 Å². The summed E-state index contributed by atoms with van der Waals surface area (Å²) in [6.45, 7) is 3.83. The number of carbonyl (C=O) groups excluding carboxylic acids is 1. The predicted molar refractivity (Wildman–Crippen MR) is 54.8 cm³/mol. The summed E-state index contributed by atoms with van der Waals surface area (Å²) in [6.07, 6.45) is 2.13. The Morgan fingerprint density at radius 2 is 2.36 bits per heavy atom. The molecule has 1 aliphatic heterocycles. The molecule has 0 aromatic carbocycles. The second kappa shape index (κ2) is 5.32. The van der Waals surface area contributed by atoms with Gasteiger partial charge in [-0.2, -0.15) is 0 Å². The van der Waals surface area contributed by atoms with Gasteiger partial charge in [0.15, 0.2) is 0 Å². The van der Waals surface area contributed by atoms with Crippen molar-refractivity contribution in [1.82, 2.24) is 4.90 Å². The summed E-state index contributed by atoms with van der Waals surface area (Å²) in [5.74, 6) is 0.624. The van der Waals surface area contributed by atoms with Crippen molar-refractivity contribution in [3.05, 3.63) is 0 Å². The highest BCUT2D eigenvalue weighted by Crippen LogP contribution is 2.19. The van der Waals surface area contributed by atoms with Crippen LogP contribution >= 0.6 is 0 Å². The van der Waals surface area contributed by atoms with Crippen molar-refractivity contribution in [2.75, 3.05) is 26.8 Å². The number of likely N-dealkylation sites (tertiary alicyclic amines) is 1. The smallest absolute Gasteiger partial charge is 0.248 e. The Morgan fingerprint density at radius 3 is 2.86 bits per heavy atom. The number of hydrogen-bond donors (Lipinski definition) is 1. The molecule has 0 aliphatic carbocycles. The zero-order valence-corrected chi connectivity index (χ0v) is 9.03. The van der Waals surface area contributed by atoms with E-state index >= 15 is 0 Å². The first-order valence-electron chi connectivity index (χ1n) is 5.21. The van der Waals surface area contributed by atoms with Gasteiger partial charge in [-0.3, -0.25) is 4.79 Å². The molecule has 1 heterocycles. The van der Waals surface area contributed by atoms with Gasteiger partial charge in [0.1, 0.15) is 6.61 Å².